The Kier molecular flexibility index (Phi) is 3.75. The quantitative estimate of drug-likeness (QED) is 0.858. The van der Waals surface area contributed by atoms with Crippen molar-refractivity contribution in [3.63, 3.8) is 0 Å². The van der Waals surface area contributed by atoms with Gasteiger partial charge in [0.15, 0.2) is 0 Å². The van der Waals surface area contributed by atoms with Gasteiger partial charge < -0.3 is 10.2 Å². The van der Waals surface area contributed by atoms with E-state index < -0.39 is 0 Å². The van der Waals surface area contributed by atoms with E-state index in [0.29, 0.717) is 12.8 Å². The first-order valence-corrected chi connectivity index (χ1v) is 5.05. The minimum Gasteiger partial charge on any atom is -0.508 e. The molecule has 0 aliphatic rings. The molecule has 0 saturated heterocycles. The minimum absolute atomic E-state index is 0.287. The highest BCUT2D eigenvalue weighted by molar-refractivity contribution is 9.10. The molecule has 3 heteroatoms. The molecule has 0 heterocycles. The number of benzene rings is 1. The van der Waals surface area contributed by atoms with Crippen molar-refractivity contribution in [1.29, 1.82) is 0 Å². The number of aromatic hydroxyl groups is 1. The third kappa shape index (κ3) is 3.01. The fraction of sp³-hybridized carbons (Fsp3) is 0.400. The Labute approximate surface area is 86.3 Å². The van der Waals surface area contributed by atoms with Crippen molar-refractivity contribution >= 4 is 15.9 Å². The van der Waals surface area contributed by atoms with E-state index in [9.17, 15) is 5.11 Å². The zero-order valence-electron chi connectivity index (χ0n) is 7.50. The lowest BCUT2D eigenvalue weighted by atomic mass is 10.1. The lowest BCUT2D eigenvalue weighted by Gasteiger charge is -2.08. The molecule has 2 N–H and O–H groups in total. The van der Waals surface area contributed by atoms with Crippen LogP contribution in [0.1, 0.15) is 18.9 Å². The Morgan fingerprint density at radius 2 is 2.15 bits per heavy atom. The SMILES string of the molecule is C[C@@H](O)CCc1c(O)cccc1Br. The summed E-state index contributed by atoms with van der Waals surface area (Å²) in [7, 11) is 0. The third-order valence-corrected chi connectivity index (χ3v) is 2.65. The number of phenolic OH excluding ortho intramolecular Hbond substituents is 1. The van der Waals surface area contributed by atoms with Crippen LogP contribution >= 0.6 is 15.9 Å². The normalized spacial score (nSPS) is 12.8. The molecule has 72 valence electrons. The molecular formula is C10H13BrO2. The number of hydrogen-bond donors (Lipinski definition) is 2. The van der Waals surface area contributed by atoms with Gasteiger partial charge in [-0.3, -0.25) is 0 Å². The molecule has 0 aliphatic heterocycles. The van der Waals surface area contributed by atoms with Crippen molar-refractivity contribution in [2.24, 2.45) is 0 Å². The molecule has 0 unspecified atom stereocenters. The van der Waals surface area contributed by atoms with Crippen LogP contribution < -0.4 is 0 Å². The second kappa shape index (κ2) is 4.63. The molecule has 1 rings (SSSR count). The average Bonchev–Trinajstić information content (AvgIpc) is 2.03. The van der Waals surface area contributed by atoms with E-state index in [0.717, 1.165) is 10.0 Å². The van der Waals surface area contributed by atoms with Gasteiger partial charge >= 0.3 is 0 Å². The molecule has 0 radical (unpaired) electrons. The van der Waals surface area contributed by atoms with E-state index in [1.54, 1.807) is 19.1 Å². The molecule has 0 fully saturated rings. The van der Waals surface area contributed by atoms with E-state index in [1.807, 2.05) is 6.07 Å². The van der Waals surface area contributed by atoms with Crippen LogP contribution in [0, 0.1) is 0 Å². The molecule has 0 aliphatic carbocycles. The number of phenols is 1. The van der Waals surface area contributed by atoms with E-state index in [2.05, 4.69) is 15.9 Å². The number of hydrogen-bond acceptors (Lipinski definition) is 2. The van der Waals surface area contributed by atoms with Gasteiger partial charge in [0, 0.05) is 10.0 Å². The predicted molar refractivity (Wildman–Crippen MR) is 55.8 cm³/mol. The first kappa shape index (κ1) is 10.5. The van der Waals surface area contributed by atoms with Crippen LogP contribution in [0.25, 0.3) is 0 Å². The highest BCUT2D eigenvalue weighted by atomic mass is 79.9. The molecule has 0 aromatic heterocycles. The summed E-state index contributed by atoms with van der Waals surface area (Å²) in [6.45, 7) is 1.74. The highest BCUT2D eigenvalue weighted by Gasteiger charge is 2.06. The summed E-state index contributed by atoms with van der Waals surface area (Å²) < 4.78 is 0.896. The Balaban J connectivity index is 2.75. The minimum atomic E-state index is -0.327. The Hall–Kier alpha value is -0.540. The van der Waals surface area contributed by atoms with Gasteiger partial charge in [0.1, 0.15) is 5.75 Å². The van der Waals surface area contributed by atoms with Gasteiger partial charge in [-0.15, -0.1) is 0 Å². The zero-order valence-corrected chi connectivity index (χ0v) is 9.08. The van der Waals surface area contributed by atoms with Gasteiger partial charge in [-0.2, -0.15) is 0 Å². The number of rotatable bonds is 3. The molecule has 0 bridgehead atoms. The van der Waals surface area contributed by atoms with E-state index >= 15 is 0 Å². The van der Waals surface area contributed by atoms with E-state index in [1.165, 1.54) is 0 Å². The highest BCUT2D eigenvalue weighted by Crippen LogP contribution is 2.27. The van der Waals surface area contributed by atoms with Crippen LogP contribution in [-0.2, 0) is 6.42 Å². The fourth-order valence-corrected chi connectivity index (χ4v) is 1.70. The maximum atomic E-state index is 9.49. The maximum Gasteiger partial charge on any atom is 0.119 e. The van der Waals surface area contributed by atoms with Crippen molar-refractivity contribution in [1.82, 2.24) is 0 Å². The second-order valence-electron chi connectivity index (χ2n) is 3.13. The molecule has 1 atom stereocenters. The fourth-order valence-electron chi connectivity index (χ4n) is 1.15. The van der Waals surface area contributed by atoms with Crippen LogP contribution in [0.2, 0.25) is 0 Å². The first-order chi connectivity index (χ1) is 6.11. The van der Waals surface area contributed by atoms with Gasteiger partial charge in [0.05, 0.1) is 6.10 Å². The van der Waals surface area contributed by atoms with Crippen LogP contribution in [0.3, 0.4) is 0 Å². The van der Waals surface area contributed by atoms with Crippen LogP contribution in [-0.4, -0.2) is 16.3 Å². The second-order valence-corrected chi connectivity index (χ2v) is 3.98. The summed E-state index contributed by atoms with van der Waals surface area (Å²) in [6.07, 6.45) is 1.02. The van der Waals surface area contributed by atoms with Crippen LogP contribution in [0.4, 0.5) is 0 Å². The van der Waals surface area contributed by atoms with Crippen molar-refractivity contribution in [3.8, 4) is 5.75 Å². The Morgan fingerprint density at radius 3 is 2.69 bits per heavy atom. The van der Waals surface area contributed by atoms with Gasteiger partial charge in [-0.05, 0) is 31.9 Å². The van der Waals surface area contributed by atoms with E-state index in [4.69, 9.17) is 5.11 Å². The van der Waals surface area contributed by atoms with Gasteiger partial charge in [-0.1, -0.05) is 22.0 Å². The van der Waals surface area contributed by atoms with Crippen molar-refractivity contribution in [2.75, 3.05) is 0 Å². The third-order valence-electron chi connectivity index (χ3n) is 1.91. The molecule has 0 amide bonds. The van der Waals surface area contributed by atoms with E-state index in [-0.39, 0.29) is 11.9 Å². The molecular weight excluding hydrogens is 232 g/mol. The number of aliphatic hydroxyl groups is 1. The number of halogens is 1. The Bertz CT molecular complexity index is 264. The van der Waals surface area contributed by atoms with Crippen LogP contribution in [0.15, 0.2) is 22.7 Å². The summed E-state index contributed by atoms with van der Waals surface area (Å²) in [5.41, 5.74) is 0.864. The van der Waals surface area contributed by atoms with Gasteiger partial charge in [0.2, 0.25) is 0 Å². The van der Waals surface area contributed by atoms with Crippen LogP contribution in [0.5, 0.6) is 5.75 Å². The largest absolute Gasteiger partial charge is 0.508 e. The molecule has 0 spiro atoms. The van der Waals surface area contributed by atoms with Crippen molar-refractivity contribution < 1.29 is 10.2 Å². The summed E-state index contributed by atoms with van der Waals surface area (Å²) in [6, 6.07) is 5.32. The lowest BCUT2D eigenvalue weighted by Crippen LogP contribution is -2.01. The molecule has 0 saturated carbocycles. The smallest absolute Gasteiger partial charge is 0.119 e. The average molecular weight is 245 g/mol. The maximum absolute atomic E-state index is 9.49. The van der Waals surface area contributed by atoms with Crippen molar-refractivity contribution in [2.45, 2.75) is 25.9 Å². The molecule has 1 aromatic rings. The monoisotopic (exact) mass is 244 g/mol. The standard InChI is InChI=1S/C10H13BrO2/c1-7(12)5-6-8-9(11)3-2-4-10(8)13/h2-4,7,12-13H,5-6H2,1H3/t7-/m1/s1. The lowest BCUT2D eigenvalue weighted by molar-refractivity contribution is 0.184. The Morgan fingerprint density at radius 1 is 1.46 bits per heavy atom. The van der Waals surface area contributed by atoms with Crippen molar-refractivity contribution in [3.05, 3.63) is 28.2 Å². The summed E-state index contributed by atoms with van der Waals surface area (Å²) in [5.74, 6) is 0.287. The summed E-state index contributed by atoms with van der Waals surface area (Å²) in [4.78, 5) is 0. The number of aliphatic hydroxyl groups excluding tert-OH is 1. The zero-order chi connectivity index (χ0) is 9.84. The molecule has 13 heavy (non-hydrogen) atoms. The predicted octanol–water partition coefficient (Wildman–Crippen LogP) is 2.47. The first-order valence-electron chi connectivity index (χ1n) is 4.25. The summed E-state index contributed by atoms with van der Waals surface area (Å²) >= 11 is 3.36. The summed E-state index contributed by atoms with van der Waals surface area (Å²) in [5, 5.41) is 18.6. The molecule has 2 nitrogen and oxygen atoms in total. The van der Waals surface area contributed by atoms with Gasteiger partial charge in [-0.25, -0.2) is 0 Å². The molecule has 1 aromatic carbocycles. The topological polar surface area (TPSA) is 40.5 Å². The van der Waals surface area contributed by atoms with Gasteiger partial charge in [0.25, 0.3) is 0 Å².